The Morgan fingerprint density at radius 1 is 1.00 bits per heavy atom. The molecule has 0 aromatic rings. The second-order valence-electron chi connectivity index (χ2n) is 2.85. The zero-order chi connectivity index (χ0) is 11.0. The number of carbonyl (C=O) groups is 2. The summed E-state index contributed by atoms with van der Waals surface area (Å²) < 4.78 is 9.57. The van der Waals surface area contributed by atoms with Crippen LogP contribution >= 0.6 is 0 Å². The average Bonchev–Trinajstić information content (AvgIpc) is 2.14. The molecule has 3 N–H and O–H groups in total. The highest BCUT2D eigenvalue weighted by molar-refractivity contribution is 5.94. The van der Waals surface area contributed by atoms with Crippen LogP contribution in [0.1, 0.15) is 33.6 Å². The molecule has 0 aromatic carbocycles. The van der Waals surface area contributed by atoms with Crippen molar-refractivity contribution in [1.82, 2.24) is 6.15 Å². The van der Waals surface area contributed by atoms with Gasteiger partial charge in [0.15, 0.2) is 5.92 Å². The van der Waals surface area contributed by atoms with Crippen LogP contribution in [0.4, 0.5) is 0 Å². The molecule has 0 heterocycles. The van der Waals surface area contributed by atoms with E-state index in [1.54, 1.807) is 13.8 Å². The van der Waals surface area contributed by atoms with Crippen molar-refractivity contribution in [2.75, 3.05) is 13.2 Å². The minimum atomic E-state index is -0.750. The molecule has 15 heavy (non-hydrogen) atoms. The number of rotatable bonds is 6. The molecule has 0 radical (unpaired) electrons. The zero-order valence-electron chi connectivity index (χ0n) is 9.75. The van der Waals surface area contributed by atoms with Gasteiger partial charge in [0.1, 0.15) is 0 Å². The predicted molar refractivity (Wildman–Crippen MR) is 56.7 cm³/mol. The third-order valence-electron chi connectivity index (χ3n) is 1.72. The Morgan fingerprint density at radius 3 is 1.67 bits per heavy atom. The monoisotopic (exact) mass is 219 g/mol. The van der Waals surface area contributed by atoms with Crippen LogP contribution < -0.4 is 6.15 Å². The Bertz CT molecular complexity index is 176. The maximum Gasteiger partial charge on any atom is 0.320 e. The quantitative estimate of drug-likeness (QED) is 0.542. The molecule has 0 atom stereocenters. The van der Waals surface area contributed by atoms with E-state index in [1.807, 2.05) is 6.92 Å². The van der Waals surface area contributed by atoms with Gasteiger partial charge < -0.3 is 15.6 Å². The van der Waals surface area contributed by atoms with Gasteiger partial charge in [0.25, 0.3) is 0 Å². The third-order valence-corrected chi connectivity index (χ3v) is 1.72. The van der Waals surface area contributed by atoms with Crippen LogP contribution in [0, 0.1) is 5.92 Å². The maximum atomic E-state index is 11.3. The number of hydrogen-bond acceptors (Lipinski definition) is 5. The Hall–Kier alpha value is -1.10. The van der Waals surface area contributed by atoms with Crippen LogP contribution in [-0.4, -0.2) is 25.2 Å². The largest absolute Gasteiger partial charge is 0.465 e. The molecule has 0 saturated carbocycles. The van der Waals surface area contributed by atoms with Crippen molar-refractivity contribution in [3.05, 3.63) is 0 Å². The standard InChI is InChI=1S/C10H18O4.H3N/c1-4-7-8(9(11)13-5-2)10(12)14-6-3;/h8H,4-7H2,1-3H3;1H3. The molecule has 0 amide bonds. The summed E-state index contributed by atoms with van der Waals surface area (Å²) in [6.07, 6.45) is 1.24. The summed E-state index contributed by atoms with van der Waals surface area (Å²) in [6, 6.07) is 0. The van der Waals surface area contributed by atoms with Crippen molar-refractivity contribution in [3.8, 4) is 0 Å². The Morgan fingerprint density at radius 2 is 1.40 bits per heavy atom. The van der Waals surface area contributed by atoms with E-state index in [2.05, 4.69) is 0 Å². The lowest BCUT2D eigenvalue weighted by Crippen LogP contribution is -2.27. The summed E-state index contributed by atoms with van der Waals surface area (Å²) in [7, 11) is 0. The molecule has 0 rings (SSSR count). The van der Waals surface area contributed by atoms with Crippen LogP contribution in [0.15, 0.2) is 0 Å². The van der Waals surface area contributed by atoms with Crippen LogP contribution in [0.3, 0.4) is 0 Å². The van der Waals surface area contributed by atoms with Crippen molar-refractivity contribution in [1.29, 1.82) is 0 Å². The summed E-state index contributed by atoms with van der Waals surface area (Å²) in [4.78, 5) is 22.7. The van der Waals surface area contributed by atoms with E-state index in [9.17, 15) is 9.59 Å². The van der Waals surface area contributed by atoms with E-state index in [-0.39, 0.29) is 6.15 Å². The molecule has 0 aliphatic rings. The van der Waals surface area contributed by atoms with Gasteiger partial charge in [-0.2, -0.15) is 0 Å². The summed E-state index contributed by atoms with van der Waals surface area (Å²) in [5.41, 5.74) is 0. The van der Waals surface area contributed by atoms with Gasteiger partial charge in [-0.1, -0.05) is 13.3 Å². The number of hydrogen-bond donors (Lipinski definition) is 1. The van der Waals surface area contributed by atoms with Gasteiger partial charge in [0, 0.05) is 0 Å². The molecular formula is C10H21NO4. The van der Waals surface area contributed by atoms with Crippen LogP contribution in [-0.2, 0) is 19.1 Å². The van der Waals surface area contributed by atoms with Gasteiger partial charge in [-0.15, -0.1) is 0 Å². The Labute approximate surface area is 90.7 Å². The van der Waals surface area contributed by atoms with Gasteiger partial charge in [-0.3, -0.25) is 9.59 Å². The van der Waals surface area contributed by atoms with Crippen molar-refractivity contribution in [2.45, 2.75) is 33.6 Å². The fourth-order valence-electron chi connectivity index (χ4n) is 1.11. The summed E-state index contributed by atoms with van der Waals surface area (Å²) in [5, 5.41) is 0. The normalized spacial score (nSPS) is 9.33. The minimum absolute atomic E-state index is 0. The van der Waals surface area contributed by atoms with Crippen molar-refractivity contribution in [3.63, 3.8) is 0 Å². The first-order valence-electron chi connectivity index (χ1n) is 5.00. The summed E-state index contributed by atoms with van der Waals surface area (Å²) in [5.74, 6) is -1.71. The molecule has 0 bridgehead atoms. The van der Waals surface area contributed by atoms with E-state index >= 15 is 0 Å². The second-order valence-corrected chi connectivity index (χ2v) is 2.85. The summed E-state index contributed by atoms with van der Waals surface area (Å²) in [6.45, 7) is 5.92. The van der Waals surface area contributed by atoms with Gasteiger partial charge in [0.05, 0.1) is 13.2 Å². The fourth-order valence-corrected chi connectivity index (χ4v) is 1.11. The molecule has 90 valence electrons. The third kappa shape index (κ3) is 6.06. The van der Waals surface area contributed by atoms with Crippen molar-refractivity contribution < 1.29 is 19.1 Å². The zero-order valence-corrected chi connectivity index (χ0v) is 9.75. The van der Waals surface area contributed by atoms with Crippen molar-refractivity contribution >= 4 is 11.9 Å². The van der Waals surface area contributed by atoms with Crippen molar-refractivity contribution in [2.24, 2.45) is 5.92 Å². The number of ether oxygens (including phenoxy) is 2. The topological polar surface area (TPSA) is 87.6 Å². The highest BCUT2D eigenvalue weighted by atomic mass is 16.6. The molecule has 0 unspecified atom stereocenters. The lowest BCUT2D eigenvalue weighted by atomic mass is 10.0. The molecule has 0 fully saturated rings. The lowest BCUT2D eigenvalue weighted by molar-refractivity contribution is -0.161. The van der Waals surface area contributed by atoms with Crippen LogP contribution in [0.2, 0.25) is 0 Å². The molecule has 0 aliphatic heterocycles. The fraction of sp³-hybridized carbons (Fsp3) is 0.800. The first-order valence-corrected chi connectivity index (χ1v) is 5.00. The predicted octanol–water partition coefficient (Wildman–Crippen LogP) is 1.69. The van der Waals surface area contributed by atoms with Gasteiger partial charge in [-0.25, -0.2) is 0 Å². The molecule has 0 aromatic heterocycles. The minimum Gasteiger partial charge on any atom is -0.465 e. The van der Waals surface area contributed by atoms with E-state index in [0.717, 1.165) is 6.42 Å². The van der Waals surface area contributed by atoms with E-state index in [4.69, 9.17) is 9.47 Å². The lowest BCUT2D eigenvalue weighted by Gasteiger charge is -2.12. The molecule has 5 heteroatoms. The smallest absolute Gasteiger partial charge is 0.320 e. The Kier molecular flexibility index (Phi) is 10.3. The van der Waals surface area contributed by atoms with Gasteiger partial charge in [-0.05, 0) is 20.3 Å². The Balaban J connectivity index is 0. The summed E-state index contributed by atoms with van der Waals surface area (Å²) >= 11 is 0. The number of carbonyl (C=O) groups excluding carboxylic acids is 2. The number of esters is 2. The maximum absolute atomic E-state index is 11.3. The molecule has 0 aliphatic carbocycles. The van der Waals surface area contributed by atoms with Crippen LogP contribution in [0.5, 0.6) is 0 Å². The molecular weight excluding hydrogens is 198 g/mol. The van der Waals surface area contributed by atoms with E-state index in [0.29, 0.717) is 19.6 Å². The van der Waals surface area contributed by atoms with Crippen LogP contribution in [0.25, 0.3) is 0 Å². The highest BCUT2D eigenvalue weighted by Crippen LogP contribution is 2.11. The molecule has 5 nitrogen and oxygen atoms in total. The average molecular weight is 219 g/mol. The second kappa shape index (κ2) is 9.45. The van der Waals surface area contributed by atoms with Gasteiger partial charge >= 0.3 is 11.9 Å². The van der Waals surface area contributed by atoms with E-state index in [1.165, 1.54) is 0 Å². The SMILES string of the molecule is CCCC(C(=O)OCC)C(=O)OCC.N. The first kappa shape index (κ1) is 16.3. The van der Waals surface area contributed by atoms with E-state index < -0.39 is 17.9 Å². The molecule has 0 saturated heterocycles. The van der Waals surface area contributed by atoms with Gasteiger partial charge in [0.2, 0.25) is 0 Å². The molecule has 0 spiro atoms. The first-order chi connectivity index (χ1) is 6.67. The highest BCUT2D eigenvalue weighted by Gasteiger charge is 2.28.